The van der Waals surface area contributed by atoms with Crippen LogP contribution in [0, 0.1) is 13.8 Å². The zero-order valence-corrected chi connectivity index (χ0v) is 16.6. The monoisotopic (exact) mass is 420 g/mol. The molecule has 2 heterocycles. The van der Waals surface area contributed by atoms with Crippen LogP contribution in [0.2, 0.25) is 5.02 Å². The largest absolute Gasteiger partial charge is 0.507 e. The maximum Gasteiger partial charge on any atom is 0.273 e. The summed E-state index contributed by atoms with van der Waals surface area (Å²) in [4.78, 5) is 45.0. The van der Waals surface area contributed by atoms with E-state index >= 15 is 0 Å². The Morgan fingerprint density at radius 1 is 1.29 bits per heavy atom. The first-order chi connectivity index (χ1) is 13.3. The topological polar surface area (TPSA) is 124 Å². The lowest BCUT2D eigenvalue weighted by Gasteiger charge is -2.08. The number of hydrazine groups is 1. The Balaban J connectivity index is 1.60. The van der Waals surface area contributed by atoms with Gasteiger partial charge in [-0.25, -0.2) is 4.98 Å². The first-order valence-corrected chi connectivity index (χ1v) is 9.52. The van der Waals surface area contributed by atoms with E-state index in [2.05, 4.69) is 20.8 Å². The minimum absolute atomic E-state index is 0.000403. The number of thiophene rings is 1. The van der Waals surface area contributed by atoms with Crippen LogP contribution in [-0.2, 0) is 11.2 Å². The third kappa shape index (κ3) is 4.15. The molecule has 0 unspecified atom stereocenters. The number of nitrogens with zero attached hydrogens (tertiary/aromatic N) is 1. The molecule has 4 N–H and O–H groups in total. The van der Waals surface area contributed by atoms with Gasteiger partial charge < -0.3 is 10.1 Å². The fraction of sp³-hybridized carbons (Fsp3) is 0.222. The number of H-pyrrole nitrogens is 1. The highest BCUT2D eigenvalue weighted by molar-refractivity contribution is 7.18. The molecule has 10 heteroatoms. The van der Waals surface area contributed by atoms with Crippen molar-refractivity contribution in [2.24, 2.45) is 0 Å². The SMILES string of the molecule is Cc1sc2nc(CCC(=O)NNC(=O)c3cc(Cl)ccc3O)[nH]c(=O)c2c1C. The summed E-state index contributed by atoms with van der Waals surface area (Å²) in [6.45, 7) is 3.80. The first kappa shape index (κ1) is 19.8. The molecule has 1 aromatic carbocycles. The molecule has 2 amide bonds. The number of aromatic nitrogens is 2. The number of aromatic hydroxyl groups is 1. The smallest absolute Gasteiger partial charge is 0.273 e. The van der Waals surface area contributed by atoms with Crippen LogP contribution in [0.5, 0.6) is 5.75 Å². The van der Waals surface area contributed by atoms with Crippen molar-refractivity contribution in [1.29, 1.82) is 0 Å². The van der Waals surface area contributed by atoms with Crippen molar-refractivity contribution in [3.8, 4) is 5.75 Å². The molecule has 0 spiro atoms. The van der Waals surface area contributed by atoms with Gasteiger partial charge in [0.15, 0.2) is 0 Å². The number of amides is 2. The van der Waals surface area contributed by atoms with Gasteiger partial charge in [-0.3, -0.25) is 25.2 Å². The van der Waals surface area contributed by atoms with E-state index in [1.165, 1.54) is 29.5 Å². The van der Waals surface area contributed by atoms with Gasteiger partial charge >= 0.3 is 0 Å². The van der Waals surface area contributed by atoms with E-state index in [1.54, 1.807) is 0 Å². The number of aromatic amines is 1. The van der Waals surface area contributed by atoms with Crippen LogP contribution in [0.1, 0.15) is 33.0 Å². The van der Waals surface area contributed by atoms with Crippen LogP contribution in [-0.4, -0.2) is 26.9 Å². The molecule has 28 heavy (non-hydrogen) atoms. The van der Waals surface area contributed by atoms with Crippen LogP contribution in [0.15, 0.2) is 23.0 Å². The van der Waals surface area contributed by atoms with Crippen LogP contribution >= 0.6 is 22.9 Å². The molecule has 2 aromatic heterocycles. The van der Waals surface area contributed by atoms with E-state index in [1.807, 2.05) is 13.8 Å². The number of carbonyl (C=O) groups is 2. The predicted molar refractivity (Wildman–Crippen MR) is 107 cm³/mol. The van der Waals surface area contributed by atoms with Gasteiger partial charge in [-0.1, -0.05) is 11.6 Å². The second-order valence-electron chi connectivity index (χ2n) is 6.14. The quantitative estimate of drug-likeness (QED) is 0.482. The Morgan fingerprint density at radius 3 is 2.79 bits per heavy atom. The number of benzene rings is 1. The molecule has 0 saturated carbocycles. The summed E-state index contributed by atoms with van der Waals surface area (Å²) >= 11 is 7.23. The average molecular weight is 421 g/mol. The van der Waals surface area contributed by atoms with Crippen molar-refractivity contribution < 1.29 is 14.7 Å². The molecule has 0 fully saturated rings. The van der Waals surface area contributed by atoms with Crippen molar-refractivity contribution in [1.82, 2.24) is 20.8 Å². The summed E-state index contributed by atoms with van der Waals surface area (Å²) in [7, 11) is 0. The van der Waals surface area contributed by atoms with Gasteiger partial charge in [0.25, 0.3) is 11.5 Å². The number of aryl methyl sites for hydroxylation is 3. The van der Waals surface area contributed by atoms with E-state index in [0.717, 1.165) is 10.4 Å². The van der Waals surface area contributed by atoms with E-state index in [0.29, 0.717) is 16.0 Å². The lowest BCUT2D eigenvalue weighted by atomic mass is 10.2. The number of phenolic OH excluding ortho intramolecular Hbond substituents is 1. The summed E-state index contributed by atoms with van der Waals surface area (Å²) in [5.41, 5.74) is 5.08. The van der Waals surface area contributed by atoms with Crippen LogP contribution in [0.3, 0.4) is 0 Å². The van der Waals surface area contributed by atoms with E-state index < -0.39 is 11.8 Å². The molecular weight excluding hydrogens is 404 g/mol. The van der Waals surface area contributed by atoms with Crippen LogP contribution in [0.25, 0.3) is 10.2 Å². The standard InChI is InChI=1S/C18H17ClN4O4S/c1-8-9(2)28-18-15(8)17(27)20-13(21-18)5-6-14(25)22-23-16(26)11-7-10(19)3-4-12(11)24/h3-4,7,24H,5-6H2,1-2H3,(H,22,25)(H,23,26)(H,20,21,27). The molecule has 3 rings (SSSR count). The molecule has 0 aliphatic heterocycles. The number of halogens is 1. The Morgan fingerprint density at radius 2 is 2.04 bits per heavy atom. The summed E-state index contributed by atoms with van der Waals surface area (Å²) in [5, 5.41) is 10.5. The third-order valence-corrected chi connectivity index (χ3v) is 5.53. The Kier molecular flexibility index (Phi) is 5.66. The minimum atomic E-state index is -0.703. The number of fused-ring (bicyclic) bond motifs is 1. The zero-order valence-electron chi connectivity index (χ0n) is 15.1. The van der Waals surface area contributed by atoms with Crippen molar-refractivity contribution in [2.45, 2.75) is 26.7 Å². The molecule has 0 aliphatic carbocycles. The minimum Gasteiger partial charge on any atom is -0.507 e. The van der Waals surface area contributed by atoms with Crippen molar-refractivity contribution in [3.05, 3.63) is 55.4 Å². The van der Waals surface area contributed by atoms with Gasteiger partial charge in [0.05, 0.1) is 10.9 Å². The van der Waals surface area contributed by atoms with Gasteiger partial charge in [0.1, 0.15) is 16.4 Å². The number of hydrogen-bond acceptors (Lipinski definition) is 6. The van der Waals surface area contributed by atoms with Gasteiger partial charge in [-0.05, 0) is 37.6 Å². The maximum absolute atomic E-state index is 12.2. The molecule has 3 aromatic rings. The van der Waals surface area contributed by atoms with Gasteiger partial charge in [0.2, 0.25) is 5.91 Å². The molecule has 0 bridgehead atoms. The van der Waals surface area contributed by atoms with Crippen molar-refractivity contribution in [2.75, 3.05) is 0 Å². The normalized spacial score (nSPS) is 10.8. The van der Waals surface area contributed by atoms with Crippen molar-refractivity contribution >= 4 is 45.0 Å². The highest BCUT2D eigenvalue weighted by Crippen LogP contribution is 2.25. The summed E-state index contributed by atoms with van der Waals surface area (Å²) < 4.78 is 0. The average Bonchev–Trinajstić information content (AvgIpc) is 2.94. The van der Waals surface area contributed by atoms with Crippen molar-refractivity contribution in [3.63, 3.8) is 0 Å². The Hall–Kier alpha value is -2.91. The highest BCUT2D eigenvalue weighted by Gasteiger charge is 2.14. The fourth-order valence-electron chi connectivity index (χ4n) is 2.60. The molecule has 8 nitrogen and oxygen atoms in total. The maximum atomic E-state index is 12.2. The summed E-state index contributed by atoms with van der Waals surface area (Å²) in [6.07, 6.45) is 0.199. The first-order valence-electron chi connectivity index (χ1n) is 8.33. The van der Waals surface area contributed by atoms with Gasteiger partial charge in [-0.15, -0.1) is 11.3 Å². The molecule has 146 valence electrons. The molecule has 0 aliphatic rings. The lowest BCUT2D eigenvalue weighted by molar-refractivity contribution is -0.121. The second-order valence-corrected chi connectivity index (χ2v) is 7.78. The summed E-state index contributed by atoms with van der Waals surface area (Å²) in [5.74, 6) is -1.04. The van der Waals surface area contributed by atoms with E-state index in [-0.39, 0.29) is 34.7 Å². The van der Waals surface area contributed by atoms with Gasteiger partial charge in [-0.2, -0.15) is 0 Å². The Bertz CT molecular complexity index is 1140. The number of nitrogens with one attached hydrogen (secondary N) is 3. The number of phenols is 1. The Labute approximate surface area is 168 Å². The fourth-order valence-corrected chi connectivity index (χ4v) is 3.82. The lowest BCUT2D eigenvalue weighted by Crippen LogP contribution is -2.41. The third-order valence-electron chi connectivity index (χ3n) is 4.20. The highest BCUT2D eigenvalue weighted by atomic mass is 35.5. The van der Waals surface area contributed by atoms with Crippen LogP contribution < -0.4 is 16.4 Å². The number of carbonyl (C=O) groups excluding carboxylic acids is 2. The molecule has 0 radical (unpaired) electrons. The zero-order chi connectivity index (χ0) is 20.4. The number of rotatable bonds is 4. The van der Waals surface area contributed by atoms with E-state index in [9.17, 15) is 19.5 Å². The number of hydrogen-bond donors (Lipinski definition) is 4. The second kappa shape index (κ2) is 7.99. The van der Waals surface area contributed by atoms with Crippen LogP contribution in [0.4, 0.5) is 0 Å². The molecular formula is C18H17ClN4O4S. The van der Waals surface area contributed by atoms with E-state index in [4.69, 9.17) is 11.6 Å². The predicted octanol–water partition coefficient (Wildman–Crippen LogP) is 2.35. The van der Waals surface area contributed by atoms with Gasteiger partial charge in [0, 0.05) is 22.7 Å². The molecule has 0 saturated heterocycles. The summed E-state index contributed by atoms with van der Waals surface area (Å²) in [6, 6.07) is 4.01. The molecule has 0 atom stereocenters.